The van der Waals surface area contributed by atoms with Gasteiger partial charge in [0.15, 0.2) is 5.82 Å². The van der Waals surface area contributed by atoms with Gasteiger partial charge in [0.2, 0.25) is 0 Å². The molecule has 9 heteroatoms. The van der Waals surface area contributed by atoms with E-state index in [4.69, 9.17) is 16.3 Å². The lowest BCUT2D eigenvalue weighted by molar-refractivity contribution is 0.0693. The third-order valence-corrected chi connectivity index (χ3v) is 4.77. The van der Waals surface area contributed by atoms with Gasteiger partial charge < -0.3 is 15.2 Å². The highest BCUT2D eigenvalue weighted by Crippen LogP contribution is 2.31. The van der Waals surface area contributed by atoms with Gasteiger partial charge in [-0.1, -0.05) is 41.9 Å². The molecule has 3 aromatic carbocycles. The van der Waals surface area contributed by atoms with Crippen LogP contribution in [0.2, 0.25) is 5.02 Å². The van der Waals surface area contributed by atoms with Crippen LogP contribution >= 0.6 is 11.6 Å². The lowest BCUT2D eigenvalue weighted by Crippen LogP contribution is -2.02. The van der Waals surface area contributed by atoms with E-state index in [1.807, 2.05) is 42.5 Å². The molecule has 0 radical (unpaired) electrons. The number of hydrogen-bond acceptors (Lipinski definition) is 6. The summed E-state index contributed by atoms with van der Waals surface area (Å²) >= 11 is 6.18. The van der Waals surface area contributed by atoms with Gasteiger partial charge in [0.05, 0.1) is 23.5 Å². The molecule has 30 heavy (non-hydrogen) atoms. The Bertz CT molecular complexity index is 1270. The predicted molar refractivity (Wildman–Crippen MR) is 114 cm³/mol. The Hall–Kier alpha value is -3.91. The molecule has 0 bridgehead atoms. The lowest BCUT2D eigenvalue weighted by atomic mass is 10.1. The van der Waals surface area contributed by atoms with Gasteiger partial charge in [0.25, 0.3) is 0 Å². The molecule has 0 aliphatic carbocycles. The summed E-state index contributed by atoms with van der Waals surface area (Å²) in [6.45, 7) is 0. The normalized spacial score (nSPS) is 11.1. The fraction of sp³-hybridized carbons (Fsp3) is 0.0476. The van der Waals surface area contributed by atoms with Crippen molar-refractivity contribution in [1.29, 1.82) is 0 Å². The molecule has 0 aliphatic rings. The van der Waals surface area contributed by atoms with E-state index in [0.29, 0.717) is 11.5 Å². The SMILES string of the molecule is COc1cc(N/C=C\c2nnnn2-c2ccc3ccccc3c2)c(Cl)cc1C(=O)O. The van der Waals surface area contributed by atoms with E-state index in [1.165, 1.54) is 19.2 Å². The molecule has 4 rings (SSSR count). The van der Waals surface area contributed by atoms with E-state index < -0.39 is 5.97 Å². The summed E-state index contributed by atoms with van der Waals surface area (Å²) in [7, 11) is 1.40. The number of rotatable bonds is 6. The molecule has 0 fully saturated rings. The Morgan fingerprint density at radius 3 is 2.73 bits per heavy atom. The van der Waals surface area contributed by atoms with Crippen molar-refractivity contribution in [1.82, 2.24) is 20.2 Å². The summed E-state index contributed by atoms with van der Waals surface area (Å²) in [5, 5.41) is 26.5. The molecule has 0 spiro atoms. The molecule has 0 saturated carbocycles. The zero-order valence-corrected chi connectivity index (χ0v) is 16.5. The van der Waals surface area contributed by atoms with Crippen molar-refractivity contribution in [2.24, 2.45) is 0 Å². The van der Waals surface area contributed by atoms with Crippen molar-refractivity contribution in [3.8, 4) is 11.4 Å². The number of anilines is 1. The van der Waals surface area contributed by atoms with Crippen LogP contribution in [0.15, 0.2) is 60.8 Å². The molecule has 0 aliphatic heterocycles. The number of tetrazole rings is 1. The first-order chi connectivity index (χ1) is 14.6. The number of carboxylic acids is 1. The van der Waals surface area contributed by atoms with Crippen LogP contribution < -0.4 is 10.1 Å². The Morgan fingerprint density at radius 1 is 1.17 bits per heavy atom. The smallest absolute Gasteiger partial charge is 0.339 e. The van der Waals surface area contributed by atoms with Gasteiger partial charge in [-0.2, -0.15) is 4.68 Å². The number of carbonyl (C=O) groups is 1. The van der Waals surface area contributed by atoms with Crippen molar-refractivity contribution >= 4 is 40.1 Å². The van der Waals surface area contributed by atoms with Gasteiger partial charge in [-0.15, -0.1) is 5.10 Å². The first kappa shape index (κ1) is 19.4. The number of fused-ring (bicyclic) bond motifs is 1. The second-order valence-electron chi connectivity index (χ2n) is 6.30. The summed E-state index contributed by atoms with van der Waals surface area (Å²) in [6.07, 6.45) is 3.30. The van der Waals surface area contributed by atoms with E-state index in [9.17, 15) is 9.90 Å². The second-order valence-corrected chi connectivity index (χ2v) is 6.70. The maximum Gasteiger partial charge on any atom is 0.339 e. The van der Waals surface area contributed by atoms with Crippen LogP contribution in [0, 0.1) is 0 Å². The minimum Gasteiger partial charge on any atom is -0.496 e. The van der Waals surface area contributed by atoms with Crippen molar-refractivity contribution in [2.45, 2.75) is 0 Å². The minimum atomic E-state index is -1.12. The Morgan fingerprint density at radius 2 is 1.97 bits per heavy atom. The maximum atomic E-state index is 11.3. The second kappa shape index (κ2) is 8.22. The zero-order chi connectivity index (χ0) is 21.1. The Balaban J connectivity index is 1.59. The van der Waals surface area contributed by atoms with Crippen LogP contribution in [-0.2, 0) is 0 Å². The van der Waals surface area contributed by atoms with E-state index >= 15 is 0 Å². The fourth-order valence-electron chi connectivity index (χ4n) is 3.00. The lowest BCUT2D eigenvalue weighted by Gasteiger charge is -2.10. The number of carboxylic acid groups (broad SMARTS) is 1. The average Bonchev–Trinajstić information content (AvgIpc) is 3.22. The van der Waals surface area contributed by atoms with E-state index in [-0.39, 0.29) is 16.3 Å². The highest BCUT2D eigenvalue weighted by Gasteiger charge is 2.14. The van der Waals surface area contributed by atoms with E-state index in [1.54, 1.807) is 17.0 Å². The number of benzene rings is 3. The standard InChI is InChI=1S/C21H16ClN5O3/c1-30-19-12-18(17(22)11-16(19)21(28)29)23-9-8-20-24-25-26-27(20)15-7-6-13-4-2-3-5-14(13)10-15/h2-12,23H,1H3,(H,28,29)/b9-8-. The molecular formula is C21H16ClN5O3. The molecule has 0 amide bonds. The number of aromatic nitrogens is 4. The summed E-state index contributed by atoms with van der Waals surface area (Å²) in [6, 6.07) is 16.8. The molecule has 1 heterocycles. The quantitative estimate of drug-likeness (QED) is 0.479. The molecule has 0 unspecified atom stereocenters. The summed E-state index contributed by atoms with van der Waals surface area (Å²) in [5.74, 6) is -0.419. The molecule has 0 saturated heterocycles. The number of aromatic carboxylic acids is 1. The molecule has 8 nitrogen and oxygen atoms in total. The number of ether oxygens (including phenoxy) is 1. The number of hydrogen-bond donors (Lipinski definition) is 2. The van der Waals surface area contributed by atoms with Gasteiger partial charge in [-0.25, -0.2) is 4.79 Å². The van der Waals surface area contributed by atoms with Gasteiger partial charge in [0.1, 0.15) is 11.3 Å². The molecule has 2 N–H and O–H groups in total. The Labute approximate surface area is 176 Å². The fourth-order valence-corrected chi connectivity index (χ4v) is 3.21. The highest BCUT2D eigenvalue weighted by atomic mass is 35.5. The van der Waals surface area contributed by atoms with Gasteiger partial charge in [-0.3, -0.25) is 0 Å². The molecule has 4 aromatic rings. The van der Waals surface area contributed by atoms with E-state index in [2.05, 4.69) is 20.8 Å². The van der Waals surface area contributed by atoms with Crippen LogP contribution in [0.25, 0.3) is 22.5 Å². The monoisotopic (exact) mass is 421 g/mol. The molecule has 1 aromatic heterocycles. The summed E-state index contributed by atoms with van der Waals surface area (Å²) in [4.78, 5) is 11.3. The largest absolute Gasteiger partial charge is 0.496 e. The first-order valence-electron chi connectivity index (χ1n) is 8.88. The molecule has 0 atom stereocenters. The van der Waals surface area contributed by atoms with Gasteiger partial charge >= 0.3 is 5.97 Å². The Kier molecular flexibility index (Phi) is 5.32. The van der Waals surface area contributed by atoms with Crippen LogP contribution in [0.5, 0.6) is 5.75 Å². The van der Waals surface area contributed by atoms with Crippen molar-refractivity contribution in [3.63, 3.8) is 0 Å². The summed E-state index contributed by atoms with van der Waals surface area (Å²) in [5.41, 5.74) is 1.29. The topological polar surface area (TPSA) is 102 Å². The summed E-state index contributed by atoms with van der Waals surface area (Å²) < 4.78 is 6.74. The number of nitrogens with one attached hydrogen (secondary N) is 1. The predicted octanol–water partition coefficient (Wildman–Crippen LogP) is 4.26. The van der Waals surface area contributed by atoms with Crippen LogP contribution in [0.3, 0.4) is 0 Å². The molecular weight excluding hydrogens is 406 g/mol. The van der Waals surface area contributed by atoms with Crippen LogP contribution in [-0.4, -0.2) is 38.4 Å². The third-order valence-electron chi connectivity index (χ3n) is 4.46. The highest BCUT2D eigenvalue weighted by molar-refractivity contribution is 6.33. The zero-order valence-electron chi connectivity index (χ0n) is 15.8. The van der Waals surface area contributed by atoms with Gasteiger partial charge in [0, 0.05) is 18.3 Å². The average molecular weight is 422 g/mol. The van der Waals surface area contributed by atoms with Gasteiger partial charge in [-0.05, 0) is 39.4 Å². The number of nitrogens with zero attached hydrogens (tertiary/aromatic N) is 4. The number of halogens is 1. The van der Waals surface area contributed by atoms with Crippen LogP contribution in [0.1, 0.15) is 16.2 Å². The third kappa shape index (κ3) is 3.81. The van der Waals surface area contributed by atoms with Crippen molar-refractivity contribution in [3.05, 3.63) is 77.2 Å². The molecule has 150 valence electrons. The minimum absolute atomic E-state index is 0.0164. The maximum absolute atomic E-state index is 11.3. The van der Waals surface area contributed by atoms with Crippen LogP contribution in [0.4, 0.5) is 5.69 Å². The van der Waals surface area contributed by atoms with E-state index in [0.717, 1.165) is 16.5 Å². The number of methoxy groups -OCH3 is 1. The first-order valence-corrected chi connectivity index (χ1v) is 9.26. The van der Waals surface area contributed by atoms with Crippen molar-refractivity contribution in [2.75, 3.05) is 12.4 Å². The van der Waals surface area contributed by atoms with Crippen molar-refractivity contribution < 1.29 is 14.6 Å².